The molecule has 4 aromatic rings. The maximum absolute atomic E-state index is 9.77. The van der Waals surface area contributed by atoms with Crippen LogP contribution in [0.15, 0.2) is 74.4 Å². The smallest absolute Gasteiger partial charge is 0.244 e. The predicted molar refractivity (Wildman–Crippen MR) is 190 cm³/mol. The summed E-state index contributed by atoms with van der Waals surface area (Å²) in [4.78, 5) is 23.8. The summed E-state index contributed by atoms with van der Waals surface area (Å²) in [5, 5.41) is 19.5. The highest BCUT2D eigenvalue weighted by Gasteiger charge is 2.11. The molecule has 0 unspecified atom stereocenters. The van der Waals surface area contributed by atoms with E-state index in [4.69, 9.17) is 0 Å². The summed E-state index contributed by atoms with van der Waals surface area (Å²) in [6.45, 7) is 9.39. The Labute approximate surface area is 299 Å². The lowest BCUT2D eigenvalue weighted by Gasteiger charge is -2.09. The van der Waals surface area contributed by atoms with Gasteiger partial charge in [-0.1, -0.05) is 77.3 Å². The van der Waals surface area contributed by atoms with Gasteiger partial charge < -0.3 is 24.4 Å². The Kier molecular flexibility index (Phi) is 19.3. The number of carbonyl (C=O) groups excluding carboxylic acids is 2. The first-order valence-electron chi connectivity index (χ1n) is 18.9. The van der Waals surface area contributed by atoms with Crippen molar-refractivity contribution in [3.63, 3.8) is 0 Å². The number of aromatic nitrogens is 6. The maximum atomic E-state index is 9.77. The molecule has 0 atom stereocenters. The van der Waals surface area contributed by atoms with Gasteiger partial charge in [0.1, 0.15) is 37.9 Å². The van der Waals surface area contributed by atoms with E-state index >= 15 is 0 Å². The van der Waals surface area contributed by atoms with E-state index in [2.05, 4.69) is 97.3 Å². The average molecular weight is 689 g/mol. The molecule has 0 bridgehead atoms. The Bertz CT molecular complexity index is 1400. The van der Waals surface area contributed by atoms with Gasteiger partial charge in [-0.2, -0.15) is 0 Å². The van der Waals surface area contributed by atoms with Gasteiger partial charge in [0.25, 0.3) is 0 Å². The first kappa shape index (κ1) is 40.2. The van der Waals surface area contributed by atoms with E-state index in [1.54, 1.807) is 0 Å². The molecule has 0 N–H and O–H groups in total. The van der Waals surface area contributed by atoms with Gasteiger partial charge in [0.05, 0.1) is 19.4 Å². The third-order valence-electron chi connectivity index (χ3n) is 8.81. The van der Waals surface area contributed by atoms with Gasteiger partial charge in [-0.05, 0) is 74.1 Å². The second-order valence-electron chi connectivity index (χ2n) is 13.5. The van der Waals surface area contributed by atoms with Gasteiger partial charge in [-0.25, -0.2) is 23.3 Å². The number of unbranched alkanes of at least 4 members (excludes halogenated alkanes) is 11. The number of nitrogens with zero attached hydrogens (tertiary/aromatic N) is 6. The van der Waals surface area contributed by atoms with Crippen molar-refractivity contribution in [3.8, 4) is 0 Å². The summed E-state index contributed by atoms with van der Waals surface area (Å²) in [5.74, 6) is -2.28. The molecule has 0 spiro atoms. The molecule has 0 radical (unpaired) electrons. The number of aliphatic carboxylic acids is 2. The fourth-order valence-corrected chi connectivity index (χ4v) is 6.14. The van der Waals surface area contributed by atoms with Crippen LogP contribution in [0.25, 0.3) is 0 Å². The van der Waals surface area contributed by atoms with Gasteiger partial charge in [0.2, 0.25) is 12.7 Å². The Morgan fingerprint density at radius 2 is 1.06 bits per heavy atom. The van der Waals surface area contributed by atoms with Crippen LogP contribution in [0.2, 0.25) is 0 Å². The third kappa shape index (κ3) is 17.4. The molecule has 274 valence electrons. The molecular formula is C40H60N6O4. The Morgan fingerprint density at radius 3 is 1.50 bits per heavy atom. The standard InChI is InChI=1S/C34H52N6.C6H10O4/c1-3-5-7-9-11-13-16-36-19-21-39(30-36)27-33-23-32(26-38-18-15-35-29-38)24-34(25-33)28-40-22-20-37(31-40)17-14-12-10-8-6-4-2;7-5(8)3-1-2-4-6(9)10/h15,18-25,29-31H,3-14,16-17,26-28H2,1-2H3;1-4H2,(H,7,8)(H,9,10)/q+2;/p-2. The maximum Gasteiger partial charge on any atom is 0.244 e. The Morgan fingerprint density at radius 1 is 0.600 bits per heavy atom. The highest BCUT2D eigenvalue weighted by atomic mass is 16.4. The molecule has 0 amide bonds. The summed E-state index contributed by atoms with van der Waals surface area (Å²) >= 11 is 0. The van der Waals surface area contributed by atoms with Crippen molar-refractivity contribution in [3.05, 3.63) is 91.1 Å². The minimum absolute atomic E-state index is 0.0761. The molecule has 3 heterocycles. The minimum atomic E-state index is -1.14. The van der Waals surface area contributed by atoms with E-state index in [0.717, 1.165) is 32.7 Å². The first-order valence-corrected chi connectivity index (χ1v) is 18.9. The van der Waals surface area contributed by atoms with E-state index in [9.17, 15) is 19.8 Å². The van der Waals surface area contributed by atoms with Crippen LogP contribution < -0.4 is 19.3 Å². The number of hydrogen-bond acceptors (Lipinski definition) is 5. The Balaban J connectivity index is 0.000000588. The number of rotatable bonds is 25. The van der Waals surface area contributed by atoms with Gasteiger partial charge in [-0.15, -0.1) is 0 Å². The van der Waals surface area contributed by atoms with Crippen molar-refractivity contribution >= 4 is 11.9 Å². The van der Waals surface area contributed by atoms with Crippen molar-refractivity contribution < 1.29 is 28.9 Å². The van der Waals surface area contributed by atoms with Crippen molar-refractivity contribution in [2.75, 3.05) is 0 Å². The third-order valence-corrected chi connectivity index (χ3v) is 8.81. The van der Waals surface area contributed by atoms with E-state index in [-0.39, 0.29) is 12.8 Å². The molecule has 0 fully saturated rings. The van der Waals surface area contributed by atoms with Crippen molar-refractivity contribution in [2.45, 2.75) is 149 Å². The highest BCUT2D eigenvalue weighted by Crippen LogP contribution is 2.13. The SMILES string of the molecule is CCCCCCCCn1cc[n+](Cc2cc(Cn3ccnc3)cc(C[n+]3ccn(CCCCCCCC)c3)c2)c1.O=C([O-])CCCCC(=O)[O-]. The van der Waals surface area contributed by atoms with Crippen LogP contribution >= 0.6 is 0 Å². The molecule has 10 nitrogen and oxygen atoms in total. The number of carboxylic acid groups (broad SMARTS) is 2. The largest absolute Gasteiger partial charge is 0.550 e. The van der Waals surface area contributed by atoms with E-state index in [1.165, 1.54) is 93.7 Å². The lowest BCUT2D eigenvalue weighted by Crippen LogP contribution is -2.33. The second-order valence-corrected chi connectivity index (χ2v) is 13.5. The molecule has 10 heteroatoms. The van der Waals surface area contributed by atoms with Crippen molar-refractivity contribution in [2.24, 2.45) is 0 Å². The minimum Gasteiger partial charge on any atom is -0.550 e. The van der Waals surface area contributed by atoms with E-state index in [1.807, 2.05) is 18.7 Å². The first-order chi connectivity index (χ1) is 24.3. The molecule has 1 aromatic carbocycles. The lowest BCUT2D eigenvalue weighted by molar-refractivity contribution is -0.688. The molecule has 50 heavy (non-hydrogen) atoms. The van der Waals surface area contributed by atoms with Crippen molar-refractivity contribution in [1.29, 1.82) is 0 Å². The Hall–Kier alpha value is -4.21. The number of imidazole rings is 3. The number of hydrogen-bond donors (Lipinski definition) is 0. The van der Waals surface area contributed by atoms with Gasteiger partial charge in [0.15, 0.2) is 0 Å². The van der Waals surface area contributed by atoms with Crippen molar-refractivity contribution in [1.82, 2.24) is 18.7 Å². The van der Waals surface area contributed by atoms with Crippen LogP contribution in [0, 0.1) is 0 Å². The molecular weight excluding hydrogens is 628 g/mol. The monoisotopic (exact) mass is 688 g/mol. The zero-order valence-electron chi connectivity index (χ0n) is 30.6. The summed E-state index contributed by atoms with van der Waals surface area (Å²) < 4.78 is 11.5. The average Bonchev–Trinajstić information content (AvgIpc) is 3.86. The fourth-order valence-electron chi connectivity index (χ4n) is 6.14. The van der Waals surface area contributed by atoms with E-state index in [0.29, 0.717) is 12.8 Å². The summed E-state index contributed by atoms with van der Waals surface area (Å²) in [6.07, 6.45) is 35.8. The van der Waals surface area contributed by atoms with E-state index < -0.39 is 11.9 Å². The predicted octanol–water partition coefficient (Wildman–Crippen LogP) is 4.97. The highest BCUT2D eigenvalue weighted by molar-refractivity contribution is 5.65. The van der Waals surface area contributed by atoms with Crippen LogP contribution in [0.4, 0.5) is 0 Å². The molecule has 4 rings (SSSR count). The van der Waals surface area contributed by atoms with Crippen LogP contribution in [0.5, 0.6) is 0 Å². The number of carboxylic acids is 2. The lowest BCUT2D eigenvalue weighted by atomic mass is 10.0. The summed E-state index contributed by atoms with van der Waals surface area (Å²) in [5.41, 5.74) is 4.02. The van der Waals surface area contributed by atoms with Gasteiger partial charge >= 0.3 is 0 Å². The summed E-state index contributed by atoms with van der Waals surface area (Å²) in [6, 6.07) is 7.10. The molecule has 0 aliphatic rings. The normalized spacial score (nSPS) is 11.0. The summed E-state index contributed by atoms with van der Waals surface area (Å²) in [7, 11) is 0. The van der Waals surface area contributed by atoms with Crippen LogP contribution in [0.3, 0.4) is 0 Å². The molecule has 0 aliphatic heterocycles. The molecule has 0 saturated carbocycles. The van der Waals surface area contributed by atoms with Crippen LogP contribution in [0.1, 0.15) is 133 Å². The number of benzene rings is 1. The number of carbonyl (C=O) groups is 2. The van der Waals surface area contributed by atoms with Crippen LogP contribution in [-0.4, -0.2) is 30.6 Å². The quantitative estimate of drug-likeness (QED) is 0.0720. The zero-order valence-corrected chi connectivity index (χ0v) is 30.6. The molecule has 0 aliphatic carbocycles. The fraction of sp³-hybridized carbons (Fsp3) is 0.575. The topological polar surface area (TPSA) is 116 Å². The van der Waals surface area contributed by atoms with Crippen LogP contribution in [-0.2, 0) is 42.3 Å². The van der Waals surface area contributed by atoms with Gasteiger partial charge in [0, 0.05) is 30.9 Å². The molecule has 0 saturated heterocycles. The van der Waals surface area contributed by atoms with Gasteiger partial charge in [-0.3, -0.25) is 0 Å². The zero-order chi connectivity index (χ0) is 35.8. The molecule has 3 aromatic heterocycles. The number of aryl methyl sites for hydroxylation is 2. The second kappa shape index (κ2) is 24.0.